The van der Waals surface area contributed by atoms with Gasteiger partial charge in [-0.15, -0.1) is 0 Å². The first-order valence-electron chi connectivity index (χ1n) is 7.07. The van der Waals surface area contributed by atoms with Gasteiger partial charge in [-0.2, -0.15) is 0 Å². The number of carbonyl (C=O) groups excluding carboxylic acids is 1. The molecule has 0 saturated heterocycles. The number of methoxy groups -OCH3 is 2. The van der Waals surface area contributed by atoms with E-state index < -0.39 is 23.4 Å². The first-order chi connectivity index (χ1) is 12.0. The lowest BCUT2D eigenvalue weighted by Gasteiger charge is -2.07. The maximum atomic E-state index is 13.6. The molecule has 0 aliphatic heterocycles. The molecule has 25 heavy (non-hydrogen) atoms. The van der Waals surface area contributed by atoms with Crippen LogP contribution in [0.2, 0.25) is 0 Å². The number of halogens is 2. The highest BCUT2D eigenvalue weighted by molar-refractivity contribution is 7.22. The molecule has 0 atom stereocenters. The molecule has 2 N–H and O–H groups in total. The van der Waals surface area contributed by atoms with Gasteiger partial charge in [0.2, 0.25) is 0 Å². The van der Waals surface area contributed by atoms with Gasteiger partial charge in [0, 0.05) is 0 Å². The number of benzene rings is 2. The van der Waals surface area contributed by atoms with E-state index >= 15 is 0 Å². The van der Waals surface area contributed by atoms with Crippen LogP contribution in [0, 0.1) is 11.6 Å². The molecule has 0 aliphatic rings. The Hall–Kier alpha value is -2.94. The van der Waals surface area contributed by atoms with Crippen LogP contribution < -0.4 is 20.1 Å². The predicted octanol–water partition coefficient (Wildman–Crippen LogP) is 4.24. The molecule has 0 spiro atoms. The minimum atomic E-state index is -0.872. The Morgan fingerprint density at radius 3 is 2.32 bits per heavy atom. The van der Waals surface area contributed by atoms with Crippen LogP contribution in [0.1, 0.15) is 0 Å². The number of thiazole rings is 1. The number of urea groups is 1. The van der Waals surface area contributed by atoms with Crippen LogP contribution in [0.3, 0.4) is 0 Å². The van der Waals surface area contributed by atoms with Crippen LogP contribution in [0.5, 0.6) is 11.5 Å². The molecule has 6 nitrogen and oxygen atoms in total. The smallest absolute Gasteiger partial charge is 0.325 e. The topological polar surface area (TPSA) is 72.5 Å². The first-order valence-corrected chi connectivity index (χ1v) is 7.88. The Labute approximate surface area is 145 Å². The van der Waals surface area contributed by atoms with Crippen LogP contribution >= 0.6 is 11.3 Å². The Morgan fingerprint density at radius 2 is 1.68 bits per heavy atom. The van der Waals surface area contributed by atoms with E-state index in [1.807, 2.05) is 0 Å². The minimum absolute atomic E-state index is 0.229. The summed E-state index contributed by atoms with van der Waals surface area (Å²) < 4.78 is 38.3. The third-order valence-corrected chi connectivity index (χ3v) is 4.32. The van der Waals surface area contributed by atoms with Gasteiger partial charge in [-0.1, -0.05) is 17.4 Å². The minimum Gasteiger partial charge on any atom is -0.495 e. The summed E-state index contributed by atoms with van der Waals surface area (Å²) in [6.07, 6.45) is 0. The number of nitrogens with one attached hydrogen (secondary N) is 2. The normalized spacial score (nSPS) is 10.6. The lowest BCUT2D eigenvalue weighted by atomic mass is 10.3. The number of amides is 2. The lowest BCUT2D eigenvalue weighted by Crippen LogP contribution is -2.20. The van der Waals surface area contributed by atoms with E-state index in [1.165, 1.54) is 20.3 Å². The number of hydrogen-bond donors (Lipinski definition) is 2. The highest BCUT2D eigenvalue weighted by atomic mass is 32.1. The fourth-order valence-electron chi connectivity index (χ4n) is 2.20. The summed E-state index contributed by atoms with van der Waals surface area (Å²) in [4.78, 5) is 16.3. The number of fused-ring (bicyclic) bond motifs is 1. The predicted molar refractivity (Wildman–Crippen MR) is 91.7 cm³/mol. The van der Waals surface area contributed by atoms with Crippen molar-refractivity contribution in [3.8, 4) is 11.5 Å². The standard InChI is InChI=1S/C16H13F2N3O3S/c1-23-10-6-7-11(24-2)14-13(10)20-16(25-14)21-15(22)19-12-8(17)4-3-5-9(12)18/h3-7H,1-2H3,(H2,19,20,21,22). The molecule has 0 radical (unpaired) electrons. The van der Waals surface area contributed by atoms with Crippen molar-refractivity contribution >= 4 is 38.4 Å². The SMILES string of the molecule is COc1ccc(OC)c2sc(NC(=O)Nc3c(F)cccc3F)nc12. The van der Waals surface area contributed by atoms with Gasteiger partial charge >= 0.3 is 6.03 Å². The van der Waals surface area contributed by atoms with Gasteiger partial charge in [0.25, 0.3) is 0 Å². The zero-order chi connectivity index (χ0) is 18.0. The number of nitrogens with zero attached hydrogens (tertiary/aromatic N) is 1. The molecule has 0 aliphatic carbocycles. The van der Waals surface area contributed by atoms with Crippen LogP contribution in [-0.2, 0) is 0 Å². The summed E-state index contributed by atoms with van der Waals surface area (Å²) >= 11 is 1.15. The van der Waals surface area contributed by atoms with Crippen molar-refractivity contribution in [2.75, 3.05) is 24.9 Å². The Kier molecular flexibility index (Phi) is 4.66. The third kappa shape index (κ3) is 3.31. The molecule has 0 unspecified atom stereocenters. The van der Waals surface area contributed by atoms with E-state index in [2.05, 4.69) is 15.6 Å². The van der Waals surface area contributed by atoms with Crippen LogP contribution in [0.4, 0.5) is 24.4 Å². The van der Waals surface area contributed by atoms with Gasteiger partial charge in [0.15, 0.2) is 5.13 Å². The van der Waals surface area contributed by atoms with Crippen molar-refractivity contribution in [3.05, 3.63) is 42.0 Å². The number of anilines is 2. The van der Waals surface area contributed by atoms with Gasteiger partial charge < -0.3 is 14.8 Å². The van der Waals surface area contributed by atoms with Crippen molar-refractivity contribution < 1.29 is 23.0 Å². The monoisotopic (exact) mass is 365 g/mol. The zero-order valence-electron chi connectivity index (χ0n) is 13.2. The number of ether oxygens (including phenoxy) is 2. The van der Waals surface area contributed by atoms with E-state index in [1.54, 1.807) is 12.1 Å². The Bertz CT molecular complexity index is 885. The van der Waals surface area contributed by atoms with E-state index in [0.717, 1.165) is 23.5 Å². The number of hydrogen-bond acceptors (Lipinski definition) is 5. The largest absolute Gasteiger partial charge is 0.495 e. The summed E-state index contributed by atoms with van der Waals surface area (Å²) in [5.74, 6) is -0.659. The highest BCUT2D eigenvalue weighted by Gasteiger charge is 2.17. The van der Waals surface area contributed by atoms with Crippen LogP contribution in [0.15, 0.2) is 30.3 Å². The third-order valence-electron chi connectivity index (χ3n) is 3.33. The molecule has 9 heteroatoms. The van der Waals surface area contributed by atoms with Gasteiger partial charge in [0.05, 0.1) is 14.2 Å². The molecule has 2 amide bonds. The van der Waals surface area contributed by atoms with Gasteiger partial charge in [-0.25, -0.2) is 18.6 Å². The quantitative estimate of drug-likeness (QED) is 0.726. The molecule has 0 bridgehead atoms. The first kappa shape index (κ1) is 16.9. The lowest BCUT2D eigenvalue weighted by molar-refractivity contribution is 0.262. The van der Waals surface area contributed by atoms with Crippen LogP contribution in [-0.4, -0.2) is 25.2 Å². The molecule has 1 heterocycles. The van der Waals surface area contributed by atoms with Crippen molar-refractivity contribution in [1.29, 1.82) is 0 Å². The molecular formula is C16H13F2N3O3S. The Morgan fingerprint density at radius 1 is 1.04 bits per heavy atom. The summed E-state index contributed by atoms with van der Waals surface area (Å²) in [6, 6.07) is 5.90. The molecule has 1 aromatic heterocycles. The van der Waals surface area contributed by atoms with Crippen molar-refractivity contribution in [1.82, 2.24) is 4.98 Å². The molecular weight excluding hydrogens is 352 g/mol. The second kappa shape index (κ2) is 6.89. The van der Waals surface area contributed by atoms with Gasteiger partial charge in [0.1, 0.15) is 39.0 Å². The van der Waals surface area contributed by atoms with E-state index in [4.69, 9.17) is 9.47 Å². The molecule has 3 aromatic rings. The fraction of sp³-hybridized carbons (Fsp3) is 0.125. The maximum Gasteiger partial charge on any atom is 0.325 e. The average Bonchev–Trinajstić information content (AvgIpc) is 3.00. The van der Waals surface area contributed by atoms with Gasteiger partial charge in [-0.3, -0.25) is 5.32 Å². The number of rotatable bonds is 4. The second-order valence-electron chi connectivity index (χ2n) is 4.84. The average molecular weight is 365 g/mol. The number of aromatic nitrogens is 1. The summed E-state index contributed by atoms with van der Waals surface area (Å²) in [5.41, 5.74) is -0.0181. The number of para-hydroxylation sites is 1. The second-order valence-corrected chi connectivity index (χ2v) is 5.84. The van der Waals surface area contributed by atoms with E-state index in [-0.39, 0.29) is 5.13 Å². The summed E-state index contributed by atoms with van der Waals surface area (Å²) in [7, 11) is 3.02. The molecule has 130 valence electrons. The summed E-state index contributed by atoms with van der Waals surface area (Å²) in [5, 5.41) is 4.81. The Balaban J connectivity index is 1.86. The summed E-state index contributed by atoms with van der Waals surface area (Å²) in [6.45, 7) is 0. The highest BCUT2D eigenvalue weighted by Crippen LogP contribution is 2.38. The fourth-order valence-corrected chi connectivity index (χ4v) is 3.17. The molecule has 0 fully saturated rings. The van der Waals surface area contributed by atoms with Crippen molar-refractivity contribution in [2.45, 2.75) is 0 Å². The van der Waals surface area contributed by atoms with Crippen molar-refractivity contribution in [3.63, 3.8) is 0 Å². The molecule has 0 saturated carbocycles. The van der Waals surface area contributed by atoms with E-state index in [0.29, 0.717) is 21.7 Å². The van der Waals surface area contributed by atoms with Crippen molar-refractivity contribution in [2.24, 2.45) is 0 Å². The molecule has 2 aromatic carbocycles. The molecule has 3 rings (SSSR count). The maximum absolute atomic E-state index is 13.6. The number of carbonyl (C=O) groups is 1. The van der Waals surface area contributed by atoms with Gasteiger partial charge in [-0.05, 0) is 24.3 Å². The van der Waals surface area contributed by atoms with Crippen LogP contribution in [0.25, 0.3) is 10.2 Å². The zero-order valence-corrected chi connectivity index (χ0v) is 14.0. The van der Waals surface area contributed by atoms with E-state index in [9.17, 15) is 13.6 Å².